The molecule has 3 aliphatic rings. The smallest absolute Gasteiger partial charge is 0.274 e. The molecule has 2 fully saturated rings. The molecule has 2 N–H and O–H groups in total. The van der Waals surface area contributed by atoms with Gasteiger partial charge in [-0.2, -0.15) is 0 Å². The lowest BCUT2D eigenvalue weighted by atomic mass is 10.0. The molecule has 1 aromatic rings. The Kier molecular flexibility index (Phi) is 4.15. The van der Waals surface area contributed by atoms with E-state index in [0.29, 0.717) is 23.6 Å². The fourth-order valence-electron chi connectivity index (χ4n) is 3.32. The summed E-state index contributed by atoms with van der Waals surface area (Å²) >= 11 is 0. The zero-order valence-corrected chi connectivity index (χ0v) is 13.9. The summed E-state index contributed by atoms with van der Waals surface area (Å²) in [6, 6.07) is 0.705. The highest BCUT2D eigenvalue weighted by molar-refractivity contribution is 5.93. The molecule has 4 rings (SSSR count). The SMILES string of the molecule is CC1N=CN(c2cnc(C(=O)N(C3CCNCC3)C3CC3)cn2)N1. The third kappa shape index (κ3) is 3.11. The van der Waals surface area contributed by atoms with Gasteiger partial charge in [0.15, 0.2) is 5.82 Å². The van der Waals surface area contributed by atoms with E-state index in [9.17, 15) is 4.79 Å². The first-order valence-corrected chi connectivity index (χ1v) is 8.66. The van der Waals surface area contributed by atoms with Crippen LogP contribution < -0.4 is 15.8 Å². The van der Waals surface area contributed by atoms with Crippen molar-refractivity contribution in [2.24, 2.45) is 4.99 Å². The van der Waals surface area contributed by atoms with Crippen LogP contribution in [0, 0.1) is 0 Å². The maximum Gasteiger partial charge on any atom is 0.274 e. The molecule has 0 spiro atoms. The summed E-state index contributed by atoms with van der Waals surface area (Å²) in [7, 11) is 0. The number of carbonyl (C=O) groups excluding carboxylic acids is 1. The molecule has 0 radical (unpaired) electrons. The molecule has 24 heavy (non-hydrogen) atoms. The minimum Gasteiger partial charge on any atom is -0.331 e. The lowest BCUT2D eigenvalue weighted by Crippen LogP contribution is -2.47. The van der Waals surface area contributed by atoms with Crippen molar-refractivity contribution < 1.29 is 4.79 Å². The molecule has 0 bridgehead atoms. The number of nitrogens with zero attached hydrogens (tertiary/aromatic N) is 5. The minimum absolute atomic E-state index is 0.0138. The summed E-state index contributed by atoms with van der Waals surface area (Å²) in [6.45, 7) is 3.90. The molecule has 1 atom stereocenters. The standard InChI is InChI=1S/C16H23N7O/c1-11-20-10-22(21-11)15-9-18-14(8-19-15)16(24)23(12-2-3-12)13-4-6-17-7-5-13/h8-13,17,21H,2-7H2,1H3. The van der Waals surface area contributed by atoms with Crippen LogP contribution in [0.25, 0.3) is 0 Å². The molecule has 8 heteroatoms. The van der Waals surface area contributed by atoms with Crippen molar-refractivity contribution in [2.45, 2.75) is 50.9 Å². The van der Waals surface area contributed by atoms with Crippen molar-refractivity contribution >= 4 is 18.1 Å². The van der Waals surface area contributed by atoms with Crippen LogP contribution in [0.3, 0.4) is 0 Å². The number of hydrazine groups is 1. The second-order valence-corrected chi connectivity index (χ2v) is 6.62. The van der Waals surface area contributed by atoms with Gasteiger partial charge in [-0.3, -0.25) is 9.79 Å². The van der Waals surface area contributed by atoms with Crippen molar-refractivity contribution in [3.63, 3.8) is 0 Å². The molecule has 1 saturated carbocycles. The summed E-state index contributed by atoms with van der Waals surface area (Å²) in [4.78, 5) is 28.0. The molecule has 1 unspecified atom stereocenters. The normalized spacial score (nSPS) is 24.4. The molecule has 8 nitrogen and oxygen atoms in total. The molecular weight excluding hydrogens is 306 g/mol. The number of aliphatic imine (C=N–C) groups is 1. The molecule has 1 aromatic heterocycles. The number of nitrogens with one attached hydrogen (secondary N) is 2. The maximum atomic E-state index is 13.0. The molecule has 1 amide bonds. The van der Waals surface area contributed by atoms with Crippen LogP contribution in [0.1, 0.15) is 43.1 Å². The summed E-state index contributed by atoms with van der Waals surface area (Å²) in [5, 5.41) is 5.08. The molecule has 128 valence electrons. The maximum absolute atomic E-state index is 13.0. The van der Waals surface area contributed by atoms with Gasteiger partial charge in [0.05, 0.1) is 12.4 Å². The Morgan fingerprint density at radius 2 is 1.92 bits per heavy atom. The van der Waals surface area contributed by atoms with Crippen LogP contribution in [0.4, 0.5) is 5.82 Å². The predicted molar refractivity (Wildman–Crippen MR) is 90.7 cm³/mol. The van der Waals surface area contributed by atoms with Gasteiger partial charge in [-0.25, -0.2) is 20.4 Å². The van der Waals surface area contributed by atoms with Gasteiger partial charge in [-0.1, -0.05) is 0 Å². The van der Waals surface area contributed by atoms with Gasteiger partial charge in [-0.15, -0.1) is 0 Å². The van der Waals surface area contributed by atoms with Crippen LogP contribution in [-0.4, -0.2) is 58.5 Å². The van der Waals surface area contributed by atoms with E-state index in [1.165, 1.54) is 0 Å². The van der Waals surface area contributed by atoms with E-state index < -0.39 is 0 Å². The molecule has 1 saturated heterocycles. The van der Waals surface area contributed by atoms with E-state index in [1.54, 1.807) is 23.7 Å². The van der Waals surface area contributed by atoms with Crippen molar-refractivity contribution in [2.75, 3.05) is 18.1 Å². The quantitative estimate of drug-likeness (QED) is 0.838. The number of hydrogen-bond donors (Lipinski definition) is 2. The van der Waals surface area contributed by atoms with Crippen LogP contribution >= 0.6 is 0 Å². The van der Waals surface area contributed by atoms with Gasteiger partial charge < -0.3 is 10.2 Å². The van der Waals surface area contributed by atoms with Gasteiger partial charge in [-0.05, 0) is 45.7 Å². The Hall–Kier alpha value is -2.06. The Bertz CT molecular complexity index is 622. The second-order valence-electron chi connectivity index (χ2n) is 6.62. The van der Waals surface area contributed by atoms with Gasteiger partial charge in [0.1, 0.15) is 18.2 Å². The van der Waals surface area contributed by atoms with Crippen LogP contribution in [-0.2, 0) is 0 Å². The molecule has 2 aliphatic heterocycles. The van der Waals surface area contributed by atoms with E-state index in [-0.39, 0.29) is 12.1 Å². The fourth-order valence-corrected chi connectivity index (χ4v) is 3.32. The van der Waals surface area contributed by atoms with E-state index in [4.69, 9.17) is 0 Å². The second kappa shape index (κ2) is 6.45. The summed E-state index contributed by atoms with van der Waals surface area (Å²) in [5.41, 5.74) is 3.55. The van der Waals surface area contributed by atoms with Crippen molar-refractivity contribution in [1.82, 2.24) is 25.6 Å². The average molecular weight is 329 g/mol. The van der Waals surface area contributed by atoms with Crippen molar-refractivity contribution in [3.05, 3.63) is 18.1 Å². The fraction of sp³-hybridized carbons (Fsp3) is 0.625. The van der Waals surface area contributed by atoms with Crippen LogP contribution in [0.2, 0.25) is 0 Å². The number of carbonyl (C=O) groups is 1. The predicted octanol–water partition coefficient (Wildman–Crippen LogP) is 0.532. The summed E-state index contributed by atoms with van der Waals surface area (Å²) < 4.78 is 0. The lowest BCUT2D eigenvalue weighted by molar-refractivity contribution is 0.0616. The topological polar surface area (TPSA) is 85.8 Å². The number of hydrogen-bond acceptors (Lipinski definition) is 7. The Balaban J connectivity index is 1.49. The van der Waals surface area contributed by atoms with Gasteiger partial charge in [0, 0.05) is 12.1 Å². The highest BCUT2D eigenvalue weighted by Gasteiger charge is 2.38. The zero-order chi connectivity index (χ0) is 16.5. The molecule has 1 aliphatic carbocycles. The van der Waals surface area contributed by atoms with E-state index in [1.807, 2.05) is 6.92 Å². The Labute approximate surface area is 141 Å². The zero-order valence-electron chi connectivity index (χ0n) is 13.9. The number of anilines is 1. The largest absolute Gasteiger partial charge is 0.331 e. The van der Waals surface area contributed by atoms with Gasteiger partial charge >= 0.3 is 0 Å². The van der Waals surface area contributed by atoms with E-state index >= 15 is 0 Å². The van der Waals surface area contributed by atoms with E-state index in [2.05, 4.69) is 30.6 Å². The summed E-state index contributed by atoms with van der Waals surface area (Å²) in [6.07, 6.45) is 9.14. The van der Waals surface area contributed by atoms with Crippen molar-refractivity contribution in [3.8, 4) is 0 Å². The van der Waals surface area contributed by atoms with E-state index in [0.717, 1.165) is 38.8 Å². The molecule has 3 heterocycles. The molecular formula is C16H23N7O. The molecule has 0 aromatic carbocycles. The highest BCUT2D eigenvalue weighted by Crippen LogP contribution is 2.32. The monoisotopic (exact) mass is 329 g/mol. The average Bonchev–Trinajstić information content (AvgIpc) is 3.36. The first-order valence-electron chi connectivity index (χ1n) is 8.66. The number of piperidine rings is 1. The van der Waals surface area contributed by atoms with Crippen LogP contribution in [0.5, 0.6) is 0 Å². The van der Waals surface area contributed by atoms with Gasteiger partial charge in [0.25, 0.3) is 5.91 Å². The number of amides is 1. The Morgan fingerprint density at radius 1 is 1.17 bits per heavy atom. The lowest BCUT2D eigenvalue weighted by Gasteiger charge is -2.34. The van der Waals surface area contributed by atoms with Gasteiger partial charge in [0.2, 0.25) is 0 Å². The third-order valence-electron chi connectivity index (χ3n) is 4.71. The first-order chi connectivity index (χ1) is 11.7. The summed E-state index contributed by atoms with van der Waals surface area (Å²) in [5.74, 6) is 0.652. The highest BCUT2D eigenvalue weighted by atomic mass is 16.2. The number of rotatable bonds is 4. The van der Waals surface area contributed by atoms with Crippen LogP contribution in [0.15, 0.2) is 17.4 Å². The first kappa shape index (κ1) is 15.5. The third-order valence-corrected chi connectivity index (χ3v) is 4.71. The van der Waals surface area contributed by atoms with Crippen molar-refractivity contribution in [1.29, 1.82) is 0 Å². The Morgan fingerprint density at radius 3 is 2.50 bits per heavy atom. The minimum atomic E-state index is 0.0138. The number of aromatic nitrogens is 2.